The fourth-order valence-corrected chi connectivity index (χ4v) is 2.46. The highest BCUT2D eigenvalue weighted by Crippen LogP contribution is 2.27. The highest BCUT2D eigenvalue weighted by atomic mass is 16.7. The van der Waals surface area contributed by atoms with Crippen LogP contribution in [0.4, 0.5) is 0 Å². The molecule has 0 radical (unpaired) electrons. The fraction of sp³-hybridized carbons (Fsp3) is 0.556. The monoisotopic (exact) mass is 322 g/mol. The molecular weight excluding hydrogens is 296 g/mol. The lowest BCUT2D eigenvalue weighted by molar-refractivity contribution is -0.157. The summed E-state index contributed by atoms with van der Waals surface area (Å²) < 4.78 is 22.7. The van der Waals surface area contributed by atoms with Gasteiger partial charge in [0.2, 0.25) is 0 Å². The second-order valence-electron chi connectivity index (χ2n) is 5.95. The Balaban J connectivity index is 1.94. The molecule has 1 aliphatic heterocycles. The van der Waals surface area contributed by atoms with Crippen LogP contribution in [-0.4, -0.2) is 43.4 Å². The van der Waals surface area contributed by atoms with E-state index < -0.39 is 5.79 Å². The molecule has 0 amide bonds. The van der Waals surface area contributed by atoms with Gasteiger partial charge in [0.05, 0.1) is 33.0 Å². The highest BCUT2D eigenvalue weighted by molar-refractivity contribution is 5.26. The quantitative estimate of drug-likeness (QED) is 0.746. The SMILES string of the molecule is COc1ccc(CO[C@H](C/C=C/CO)[C@@H]2COC(C)(C)O2)cc1. The van der Waals surface area contributed by atoms with Crippen LogP contribution in [0.15, 0.2) is 36.4 Å². The Morgan fingerprint density at radius 2 is 2.04 bits per heavy atom. The van der Waals surface area contributed by atoms with Crippen molar-refractivity contribution in [2.45, 2.75) is 44.9 Å². The first-order chi connectivity index (χ1) is 11.0. The van der Waals surface area contributed by atoms with Crippen LogP contribution in [0.5, 0.6) is 5.75 Å². The third kappa shape index (κ3) is 5.62. The number of aliphatic hydroxyl groups is 1. The van der Waals surface area contributed by atoms with Gasteiger partial charge < -0.3 is 24.1 Å². The van der Waals surface area contributed by atoms with Crippen molar-refractivity contribution >= 4 is 0 Å². The van der Waals surface area contributed by atoms with E-state index in [2.05, 4.69) is 0 Å². The van der Waals surface area contributed by atoms with Crippen LogP contribution in [0.3, 0.4) is 0 Å². The lowest BCUT2D eigenvalue weighted by atomic mass is 10.1. The molecular formula is C18H26O5. The summed E-state index contributed by atoms with van der Waals surface area (Å²) in [6.07, 6.45) is 4.05. The van der Waals surface area contributed by atoms with E-state index in [0.717, 1.165) is 11.3 Å². The average molecular weight is 322 g/mol. The molecule has 1 aromatic carbocycles. The van der Waals surface area contributed by atoms with E-state index in [1.54, 1.807) is 13.2 Å². The first kappa shape index (κ1) is 17.9. The molecule has 5 nitrogen and oxygen atoms in total. The standard InChI is InChI=1S/C18H26O5/c1-18(2)22-13-17(23-18)16(6-4-5-11-19)21-12-14-7-9-15(20-3)10-8-14/h4-5,7-10,16-17,19H,6,11-13H2,1-3H3/b5-4+/t16-,17+/m1/s1. The van der Waals surface area contributed by atoms with Gasteiger partial charge in [-0.15, -0.1) is 0 Å². The largest absolute Gasteiger partial charge is 0.497 e. The zero-order valence-corrected chi connectivity index (χ0v) is 14.0. The molecule has 1 heterocycles. The van der Waals surface area contributed by atoms with Crippen molar-refractivity contribution in [2.75, 3.05) is 20.3 Å². The normalized spacial score (nSPS) is 21.7. The molecule has 128 valence electrons. The van der Waals surface area contributed by atoms with Crippen molar-refractivity contribution < 1.29 is 24.1 Å². The maximum Gasteiger partial charge on any atom is 0.163 e. The first-order valence-corrected chi connectivity index (χ1v) is 7.86. The number of aliphatic hydroxyl groups excluding tert-OH is 1. The van der Waals surface area contributed by atoms with Gasteiger partial charge in [-0.3, -0.25) is 0 Å². The van der Waals surface area contributed by atoms with Crippen LogP contribution in [0.25, 0.3) is 0 Å². The molecule has 0 unspecified atom stereocenters. The zero-order valence-electron chi connectivity index (χ0n) is 14.0. The summed E-state index contributed by atoms with van der Waals surface area (Å²) in [7, 11) is 1.65. The Labute approximate surface area is 137 Å². The number of methoxy groups -OCH3 is 1. The van der Waals surface area contributed by atoms with Crippen LogP contribution in [0.1, 0.15) is 25.8 Å². The molecule has 1 aliphatic rings. The van der Waals surface area contributed by atoms with E-state index in [1.807, 2.05) is 44.2 Å². The van der Waals surface area contributed by atoms with Crippen molar-refractivity contribution in [3.05, 3.63) is 42.0 Å². The fourth-order valence-electron chi connectivity index (χ4n) is 2.46. The van der Waals surface area contributed by atoms with Gasteiger partial charge >= 0.3 is 0 Å². The van der Waals surface area contributed by atoms with Crippen molar-refractivity contribution in [1.82, 2.24) is 0 Å². The summed E-state index contributed by atoms with van der Waals surface area (Å²) in [5, 5.41) is 8.89. The van der Waals surface area contributed by atoms with Gasteiger partial charge in [0.15, 0.2) is 5.79 Å². The van der Waals surface area contributed by atoms with Crippen molar-refractivity contribution in [1.29, 1.82) is 0 Å². The second kappa shape index (κ2) is 8.45. The lowest BCUT2D eigenvalue weighted by Crippen LogP contribution is -2.32. The van der Waals surface area contributed by atoms with Crippen molar-refractivity contribution in [2.24, 2.45) is 0 Å². The number of benzene rings is 1. The number of rotatable bonds is 8. The molecule has 0 saturated carbocycles. The molecule has 0 aromatic heterocycles. The Kier molecular flexibility index (Phi) is 6.59. The van der Waals surface area contributed by atoms with Crippen LogP contribution in [-0.2, 0) is 20.8 Å². The maximum atomic E-state index is 8.89. The molecule has 2 rings (SSSR count). The van der Waals surface area contributed by atoms with E-state index in [4.69, 9.17) is 24.1 Å². The van der Waals surface area contributed by atoms with Crippen LogP contribution < -0.4 is 4.74 Å². The third-order valence-corrected chi connectivity index (χ3v) is 3.71. The van der Waals surface area contributed by atoms with Gasteiger partial charge in [-0.25, -0.2) is 0 Å². The predicted molar refractivity (Wildman–Crippen MR) is 87.3 cm³/mol. The summed E-state index contributed by atoms with van der Waals surface area (Å²) in [6.45, 7) is 4.82. The van der Waals surface area contributed by atoms with Gasteiger partial charge in [-0.2, -0.15) is 0 Å². The summed E-state index contributed by atoms with van der Waals surface area (Å²) >= 11 is 0. The Morgan fingerprint density at radius 3 is 2.61 bits per heavy atom. The summed E-state index contributed by atoms with van der Waals surface area (Å²) in [6, 6.07) is 7.79. The highest BCUT2D eigenvalue weighted by Gasteiger charge is 2.37. The molecule has 23 heavy (non-hydrogen) atoms. The number of ether oxygens (including phenoxy) is 4. The smallest absolute Gasteiger partial charge is 0.163 e. The zero-order chi connectivity index (χ0) is 16.7. The first-order valence-electron chi connectivity index (χ1n) is 7.86. The van der Waals surface area contributed by atoms with Crippen LogP contribution in [0.2, 0.25) is 0 Å². The van der Waals surface area contributed by atoms with E-state index in [0.29, 0.717) is 19.6 Å². The molecule has 0 bridgehead atoms. The molecule has 2 atom stereocenters. The topological polar surface area (TPSA) is 57.2 Å². The van der Waals surface area contributed by atoms with Gasteiger partial charge in [-0.05, 0) is 38.0 Å². The minimum Gasteiger partial charge on any atom is -0.497 e. The second-order valence-corrected chi connectivity index (χ2v) is 5.95. The van der Waals surface area contributed by atoms with E-state index >= 15 is 0 Å². The summed E-state index contributed by atoms with van der Waals surface area (Å²) in [5.74, 6) is 0.248. The number of hydrogen-bond acceptors (Lipinski definition) is 5. The molecule has 0 spiro atoms. The van der Waals surface area contributed by atoms with Crippen LogP contribution in [0, 0.1) is 0 Å². The minimum atomic E-state index is -0.576. The van der Waals surface area contributed by atoms with Gasteiger partial charge in [0.1, 0.15) is 11.9 Å². The Hall–Kier alpha value is -1.40. The van der Waals surface area contributed by atoms with Gasteiger partial charge in [0, 0.05) is 0 Å². The average Bonchev–Trinajstić information content (AvgIpc) is 2.91. The summed E-state index contributed by atoms with van der Waals surface area (Å²) in [4.78, 5) is 0. The molecule has 1 saturated heterocycles. The predicted octanol–water partition coefficient (Wildman–Crippen LogP) is 2.67. The molecule has 0 aliphatic carbocycles. The van der Waals surface area contributed by atoms with E-state index in [-0.39, 0.29) is 18.8 Å². The Bertz CT molecular complexity index is 495. The molecule has 1 fully saturated rings. The van der Waals surface area contributed by atoms with Gasteiger partial charge in [0.25, 0.3) is 0 Å². The van der Waals surface area contributed by atoms with Crippen LogP contribution >= 0.6 is 0 Å². The number of hydrogen-bond donors (Lipinski definition) is 1. The van der Waals surface area contributed by atoms with Crippen molar-refractivity contribution in [3.8, 4) is 5.75 Å². The summed E-state index contributed by atoms with van der Waals surface area (Å²) in [5.41, 5.74) is 1.07. The van der Waals surface area contributed by atoms with Crippen molar-refractivity contribution in [3.63, 3.8) is 0 Å². The molecule has 1 aromatic rings. The Morgan fingerprint density at radius 1 is 1.30 bits per heavy atom. The maximum absolute atomic E-state index is 8.89. The van der Waals surface area contributed by atoms with E-state index in [1.165, 1.54) is 0 Å². The van der Waals surface area contributed by atoms with E-state index in [9.17, 15) is 0 Å². The lowest BCUT2D eigenvalue weighted by Gasteiger charge is -2.24. The molecule has 1 N–H and O–H groups in total. The third-order valence-electron chi connectivity index (χ3n) is 3.71. The van der Waals surface area contributed by atoms with Gasteiger partial charge in [-0.1, -0.05) is 24.3 Å². The minimum absolute atomic E-state index is 0.0265. The molecule has 5 heteroatoms.